The van der Waals surface area contributed by atoms with Crippen LogP contribution in [0.15, 0.2) is 65.8 Å². The quantitative estimate of drug-likeness (QED) is 0.575. The van der Waals surface area contributed by atoms with Crippen LogP contribution in [0, 0.1) is 0 Å². The van der Waals surface area contributed by atoms with Crippen molar-refractivity contribution < 1.29 is 17.9 Å². The number of ether oxygens (including phenoxy) is 1. The van der Waals surface area contributed by atoms with Gasteiger partial charge in [-0.3, -0.25) is 4.79 Å². The lowest BCUT2D eigenvalue weighted by atomic mass is 10.1. The van der Waals surface area contributed by atoms with Crippen LogP contribution in [0.5, 0.6) is 0 Å². The smallest absolute Gasteiger partial charge is 0.251 e. The molecule has 2 atom stereocenters. The number of hydrogen-bond donors (Lipinski definition) is 1. The third kappa shape index (κ3) is 5.11. The molecule has 10 heteroatoms. The van der Waals surface area contributed by atoms with Gasteiger partial charge in [0.1, 0.15) is 4.90 Å². The van der Waals surface area contributed by atoms with Gasteiger partial charge in [-0.25, -0.2) is 13.1 Å². The molecule has 174 valence electrons. The Morgan fingerprint density at radius 2 is 1.88 bits per heavy atom. The van der Waals surface area contributed by atoms with Crippen molar-refractivity contribution in [3.63, 3.8) is 0 Å². The average molecular weight is 489 g/mol. The molecular formula is C23H25ClN4O4S. The molecule has 1 aromatic heterocycles. The van der Waals surface area contributed by atoms with E-state index < -0.39 is 15.9 Å². The fourth-order valence-electron chi connectivity index (χ4n) is 3.88. The zero-order valence-electron chi connectivity index (χ0n) is 18.3. The number of sulfonamides is 1. The van der Waals surface area contributed by atoms with Gasteiger partial charge in [0.25, 0.3) is 5.91 Å². The van der Waals surface area contributed by atoms with Crippen molar-refractivity contribution in [1.82, 2.24) is 19.4 Å². The molecule has 1 amide bonds. The maximum Gasteiger partial charge on any atom is 0.251 e. The van der Waals surface area contributed by atoms with E-state index >= 15 is 0 Å². The summed E-state index contributed by atoms with van der Waals surface area (Å²) >= 11 is 6.25. The fourth-order valence-corrected chi connectivity index (χ4v) is 5.97. The van der Waals surface area contributed by atoms with Gasteiger partial charge in [-0.2, -0.15) is 9.40 Å². The Bertz CT molecular complexity index is 1240. The van der Waals surface area contributed by atoms with Gasteiger partial charge in [0.05, 0.1) is 22.9 Å². The highest BCUT2D eigenvalue weighted by Crippen LogP contribution is 2.28. The number of rotatable bonds is 6. The van der Waals surface area contributed by atoms with Gasteiger partial charge in [0, 0.05) is 37.6 Å². The lowest BCUT2D eigenvalue weighted by Gasteiger charge is -2.34. The Balaban J connectivity index is 1.54. The first-order valence-corrected chi connectivity index (χ1v) is 12.4. The second-order valence-electron chi connectivity index (χ2n) is 7.99. The molecule has 0 radical (unpaired) electrons. The van der Waals surface area contributed by atoms with E-state index in [1.165, 1.54) is 22.5 Å². The molecule has 0 bridgehead atoms. The van der Waals surface area contributed by atoms with Crippen LogP contribution in [0.25, 0.3) is 5.69 Å². The number of aromatic nitrogens is 2. The van der Waals surface area contributed by atoms with E-state index in [2.05, 4.69) is 10.4 Å². The number of hydrogen-bond acceptors (Lipinski definition) is 5. The van der Waals surface area contributed by atoms with Gasteiger partial charge in [-0.05, 0) is 49.7 Å². The van der Waals surface area contributed by atoms with Gasteiger partial charge in [0.2, 0.25) is 10.0 Å². The summed E-state index contributed by atoms with van der Waals surface area (Å²) in [5.74, 6) is -0.401. The highest BCUT2D eigenvalue weighted by atomic mass is 35.5. The Hall–Kier alpha value is -2.72. The number of benzene rings is 2. The summed E-state index contributed by atoms with van der Waals surface area (Å²) < 4.78 is 35.3. The Labute approximate surface area is 198 Å². The van der Waals surface area contributed by atoms with Crippen molar-refractivity contribution in [2.24, 2.45) is 0 Å². The van der Waals surface area contributed by atoms with Crippen molar-refractivity contribution >= 4 is 27.5 Å². The van der Waals surface area contributed by atoms with Crippen molar-refractivity contribution in [2.75, 3.05) is 13.1 Å². The van der Waals surface area contributed by atoms with E-state index in [4.69, 9.17) is 16.3 Å². The van der Waals surface area contributed by atoms with Crippen LogP contribution in [0.3, 0.4) is 0 Å². The number of halogens is 1. The molecule has 33 heavy (non-hydrogen) atoms. The molecule has 1 aliphatic heterocycles. The average Bonchev–Trinajstić information content (AvgIpc) is 3.32. The van der Waals surface area contributed by atoms with Crippen LogP contribution in [-0.2, 0) is 21.3 Å². The molecule has 4 rings (SSSR count). The first-order valence-electron chi connectivity index (χ1n) is 10.6. The second kappa shape index (κ2) is 9.64. The number of nitrogens with one attached hydrogen (secondary N) is 1. The van der Waals surface area contributed by atoms with E-state index in [-0.39, 0.29) is 47.3 Å². The minimum absolute atomic E-state index is 0.0716. The molecule has 0 saturated carbocycles. The molecule has 1 fully saturated rings. The number of para-hydroxylation sites is 1. The molecular weight excluding hydrogens is 464 g/mol. The third-order valence-electron chi connectivity index (χ3n) is 5.38. The zero-order valence-corrected chi connectivity index (χ0v) is 19.9. The van der Waals surface area contributed by atoms with E-state index in [1.54, 1.807) is 10.9 Å². The molecule has 2 heterocycles. The third-order valence-corrected chi connectivity index (χ3v) is 7.69. The van der Waals surface area contributed by atoms with Crippen molar-refractivity contribution in [1.29, 1.82) is 0 Å². The predicted octanol–water partition coefficient (Wildman–Crippen LogP) is 3.25. The molecule has 1 N–H and O–H groups in total. The first-order chi connectivity index (χ1) is 15.8. The number of morpholine rings is 1. The maximum absolute atomic E-state index is 13.3. The Morgan fingerprint density at radius 1 is 1.15 bits per heavy atom. The summed E-state index contributed by atoms with van der Waals surface area (Å²) in [7, 11) is -3.89. The molecule has 1 aliphatic rings. The SMILES string of the molecule is CC1CN(S(=O)(=O)c2cc(C(=O)NCc3ccccc3-n3cccn3)ccc2Cl)CC(C)O1. The standard InChI is InChI=1S/C23H25ClN4O4S/c1-16-14-27(15-17(2)32-16)33(30,31)22-12-18(8-9-20(22)24)23(29)25-13-19-6-3-4-7-21(19)28-11-5-10-26-28/h3-12,16-17H,13-15H2,1-2H3,(H,25,29). The minimum Gasteiger partial charge on any atom is -0.373 e. The van der Waals surface area contributed by atoms with E-state index in [0.29, 0.717) is 0 Å². The van der Waals surface area contributed by atoms with Gasteiger partial charge in [0.15, 0.2) is 0 Å². The topological polar surface area (TPSA) is 93.5 Å². The van der Waals surface area contributed by atoms with E-state index in [0.717, 1.165) is 11.3 Å². The molecule has 2 aromatic carbocycles. The molecule has 8 nitrogen and oxygen atoms in total. The lowest BCUT2D eigenvalue weighted by Crippen LogP contribution is -2.48. The molecule has 0 aliphatic carbocycles. The molecule has 2 unspecified atom stereocenters. The minimum atomic E-state index is -3.89. The van der Waals surface area contributed by atoms with Crippen LogP contribution >= 0.6 is 11.6 Å². The van der Waals surface area contributed by atoms with Gasteiger partial charge in [-0.15, -0.1) is 0 Å². The molecule has 0 spiro atoms. The normalized spacial score (nSPS) is 19.4. The van der Waals surface area contributed by atoms with Crippen LogP contribution in [0.1, 0.15) is 29.8 Å². The predicted molar refractivity (Wildman–Crippen MR) is 125 cm³/mol. The van der Waals surface area contributed by atoms with Crippen LogP contribution in [0.2, 0.25) is 5.02 Å². The lowest BCUT2D eigenvalue weighted by molar-refractivity contribution is -0.0440. The fraction of sp³-hybridized carbons (Fsp3) is 0.304. The maximum atomic E-state index is 13.3. The Kier molecular flexibility index (Phi) is 6.85. The van der Waals surface area contributed by atoms with Crippen molar-refractivity contribution in [2.45, 2.75) is 37.5 Å². The summed E-state index contributed by atoms with van der Waals surface area (Å²) in [6.07, 6.45) is 3.04. The largest absolute Gasteiger partial charge is 0.373 e. The zero-order chi connectivity index (χ0) is 23.6. The highest BCUT2D eigenvalue weighted by molar-refractivity contribution is 7.89. The number of carbonyl (C=O) groups is 1. The number of nitrogens with zero attached hydrogens (tertiary/aromatic N) is 3. The van der Waals surface area contributed by atoms with Gasteiger partial charge >= 0.3 is 0 Å². The first kappa shape index (κ1) is 23.4. The van der Waals surface area contributed by atoms with Crippen LogP contribution in [0.4, 0.5) is 0 Å². The summed E-state index contributed by atoms with van der Waals surface area (Å²) in [5.41, 5.74) is 1.93. The van der Waals surface area contributed by atoms with Crippen LogP contribution < -0.4 is 5.32 Å². The summed E-state index contributed by atoms with van der Waals surface area (Å²) in [6.45, 7) is 4.35. The van der Waals surface area contributed by atoms with Gasteiger partial charge < -0.3 is 10.1 Å². The highest BCUT2D eigenvalue weighted by Gasteiger charge is 2.33. The van der Waals surface area contributed by atoms with Crippen molar-refractivity contribution in [3.8, 4) is 5.69 Å². The van der Waals surface area contributed by atoms with E-state index in [1.807, 2.05) is 50.4 Å². The van der Waals surface area contributed by atoms with Crippen molar-refractivity contribution in [3.05, 3.63) is 77.1 Å². The second-order valence-corrected chi connectivity index (χ2v) is 10.3. The Morgan fingerprint density at radius 3 is 2.58 bits per heavy atom. The van der Waals surface area contributed by atoms with Crippen LogP contribution in [-0.4, -0.2) is 53.7 Å². The monoisotopic (exact) mass is 488 g/mol. The summed E-state index contributed by atoms with van der Waals surface area (Å²) in [6, 6.07) is 13.7. The summed E-state index contributed by atoms with van der Waals surface area (Å²) in [5, 5.41) is 7.17. The molecule has 1 saturated heterocycles. The summed E-state index contributed by atoms with van der Waals surface area (Å²) in [4.78, 5) is 12.8. The van der Waals surface area contributed by atoms with Gasteiger partial charge in [-0.1, -0.05) is 29.8 Å². The van der Waals surface area contributed by atoms with E-state index in [9.17, 15) is 13.2 Å². The number of amides is 1. The number of carbonyl (C=O) groups excluding carboxylic acids is 1. The molecule has 3 aromatic rings.